The maximum Gasteiger partial charge on any atom is 0.336 e. The summed E-state index contributed by atoms with van der Waals surface area (Å²) in [6.07, 6.45) is 0. The normalized spacial score (nSPS) is 11.6. The molecule has 17 heavy (non-hydrogen) atoms. The summed E-state index contributed by atoms with van der Waals surface area (Å²) < 4.78 is 20.4. The molecule has 0 bridgehead atoms. The quantitative estimate of drug-likeness (QED) is 0.602. The summed E-state index contributed by atoms with van der Waals surface area (Å²) in [7, 11) is 0. The SMILES string of the molecule is Cc1c(NC(=O)NS(=O)O)cccc1C(=O)O. The molecule has 1 aromatic rings. The van der Waals surface area contributed by atoms with Crippen LogP contribution in [-0.2, 0) is 11.3 Å². The van der Waals surface area contributed by atoms with E-state index >= 15 is 0 Å². The first-order valence-electron chi connectivity index (χ1n) is 4.43. The third-order valence-corrected chi connectivity index (χ3v) is 2.35. The first kappa shape index (κ1) is 13.1. The van der Waals surface area contributed by atoms with Crippen LogP contribution in [0.3, 0.4) is 0 Å². The molecular weight excluding hydrogens is 248 g/mol. The third-order valence-electron chi connectivity index (χ3n) is 1.99. The van der Waals surface area contributed by atoms with Gasteiger partial charge in [-0.15, -0.1) is 0 Å². The standard InChI is InChI=1S/C9H10N2O5S/c1-5-6(8(12)13)3-2-4-7(5)10-9(14)11-17(15)16/h2-4H,1H3,(H,12,13)(H,15,16)(H2,10,11,14). The molecule has 0 saturated carbocycles. The van der Waals surface area contributed by atoms with E-state index in [1.165, 1.54) is 25.1 Å². The number of carbonyl (C=O) groups excluding carboxylic acids is 1. The minimum Gasteiger partial charge on any atom is -0.478 e. The Kier molecular flexibility index (Phi) is 4.18. The molecule has 92 valence electrons. The van der Waals surface area contributed by atoms with Crippen LogP contribution in [0.25, 0.3) is 0 Å². The van der Waals surface area contributed by atoms with E-state index in [1.807, 2.05) is 0 Å². The number of carboxylic acid groups (broad SMARTS) is 1. The maximum absolute atomic E-state index is 11.1. The van der Waals surface area contributed by atoms with Crippen molar-refractivity contribution in [3.63, 3.8) is 0 Å². The fourth-order valence-corrected chi connectivity index (χ4v) is 1.44. The lowest BCUT2D eigenvalue weighted by Crippen LogP contribution is -2.30. The minimum absolute atomic E-state index is 0.0490. The summed E-state index contributed by atoms with van der Waals surface area (Å²) in [5, 5.41) is 11.1. The second-order valence-electron chi connectivity index (χ2n) is 3.09. The highest BCUT2D eigenvalue weighted by Crippen LogP contribution is 2.18. The molecule has 2 amide bonds. The van der Waals surface area contributed by atoms with Crippen molar-refractivity contribution in [1.29, 1.82) is 0 Å². The molecular formula is C9H10N2O5S. The number of rotatable bonds is 3. The molecule has 1 unspecified atom stereocenters. The molecule has 1 atom stereocenters. The van der Waals surface area contributed by atoms with Gasteiger partial charge in [-0.3, -0.25) is 4.55 Å². The average molecular weight is 258 g/mol. The number of aromatic carboxylic acids is 1. The van der Waals surface area contributed by atoms with Gasteiger partial charge in [-0.2, -0.15) is 0 Å². The Morgan fingerprint density at radius 2 is 2.00 bits per heavy atom. The van der Waals surface area contributed by atoms with E-state index in [2.05, 4.69) is 5.32 Å². The lowest BCUT2D eigenvalue weighted by Gasteiger charge is -2.09. The monoisotopic (exact) mass is 258 g/mol. The van der Waals surface area contributed by atoms with Gasteiger partial charge in [-0.1, -0.05) is 6.07 Å². The van der Waals surface area contributed by atoms with Crippen LogP contribution in [0.15, 0.2) is 18.2 Å². The Morgan fingerprint density at radius 3 is 2.53 bits per heavy atom. The molecule has 0 aromatic heterocycles. The number of hydrogen-bond donors (Lipinski definition) is 4. The summed E-state index contributed by atoms with van der Waals surface area (Å²) in [5.41, 5.74) is 0.666. The predicted octanol–water partition coefficient (Wildman–Crippen LogP) is 0.951. The number of carboxylic acids is 1. The van der Waals surface area contributed by atoms with Crippen LogP contribution in [0, 0.1) is 6.92 Å². The highest BCUT2D eigenvalue weighted by molar-refractivity contribution is 7.77. The number of amides is 2. The molecule has 8 heteroatoms. The predicted molar refractivity (Wildman–Crippen MR) is 61.1 cm³/mol. The summed E-state index contributed by atoms with van der Waals surface area (Å²) >= 11 is -2.47. The molecule has 7 nitrogen and oxygen atoms in total. The van der Waals surface area contributed by atoms with Gasteiger partial charge in [0.25, 0.3) is 11.3 Å². The van der Waals surface area contributed by atoms with Crippen molar-refractivity contribution in [3.05, 3.63) is 29.3 Å². The van der Waals surface area contributed by atoms with Gasteiger partial charge in [0.05, 0.1) is 5.56 Å². The van der Waals surface area contributed by atoms with Crippen molar-refractivity contribution >= 4 is 29.0 Å². The zero-order valence-electron chi connectivity index (χ0n) is 8.76. The number of carbonyl (C=O) groups is 2. The Morgan fingerprint density at radius 1 is 1.35 bits per heavy atom. The number of nitrogens with one attached hydrogen (secondary N) is 2. The van der Waals surface area contributed by atoms with Crippen LogP contribution < -0.4 is 10.0 Å². The fraction of sp³-hybridized carbons (Fsp3) is 0.111. The minimum atomic E-state index is -2.47. The van der Waals surface area contributed by atoms with Crippen LogP contribution in [0.1, 0.15) is 15.9 Å². The zero-order chi connectivity index (χ0) is 13.0. The molecule has 0 heterocycles. The molecule has 0 aliphatic heterocycles. The van der Waals surface area contributed by atoms with Gasteiger partial charge >= 0.3 is 12.0 Å². The molecule has 1 aromatic carbocycles. The summed E-state index contributed by atoms with van der Waals surface area (Å²) in [5.74, 6) is -1.11. The van der Waals surface area contributed by atoms with Crippen LogP contribution >= 0.6 is 0 Å². The van der Waals surface area contributed by atoms with Gasteiger partial charge in [0.2, 0.25) is 0 Å². The molecule has 0 radical (unpaired) electrons. The van der Waals surface area contributed by atoms with Crippen LogP contribution in [0.2, 0.25) is 0 Å². The van der Waals surface area contributed by atoms with Crippen molar-refractivity contribution in [3.8, 4) is 0 Å². The maximum atomic E-state index is 11.1. The van der Waals surface area contributed by atoms with Crippen molar-refractivity contribution in [2.75, 3.05) is 5.32 Å². The van der Waals surface area contributed by atoms with Gasteiger partial charge < -0.3 is 10.4 Å². The lowest BCUT2D eigenvalue weighted by atomic mass is 10.1. The van der Waals surface area contributed by atoms with Gasteiger partial charge in [-0.05, 0) is 24.6 Å². The van der Waals surface area contributed by atoms with Gasteiger partial charge in [0.1, 0.15) is 0 Å². The molecule has 0 aliphatic carbocycles. The first-order valence-corrected chi connectivity index (χ1v) is 5.54. The number of urea groups is 1. The Labute approximate surface area is 99.3 Å². The topological polar surface area (TPSA) is 116 Å². The van der Waals surface area contributed by atoms with Gasteiger partial charge in [0.15, 0.2) is 0 Å². The van der Waals surface area contributed by atoms with E-state index < -0.39 is 23.3 Å². The third kappa shape index (κ3) is 3.54. The van der Waals surface area contributed by atoms with Crippen molar-refractivity contribution in [1.82, 2.24) is 4.72 Å². The molecule has 0 aliphatic rings. The van der Waals surface area contributed by atoms with Crippen LogP contribution in [0.5, 0.6) is 0 Å². The number of hydrogen-bond acceptors (Lipinski definition) is 3. The van der Waals surface area contributed by atoms with E-state index in [0.29, 0.717) is 5.56 Å². The average Bonchev–Trinajstić information content (AvgIpc) is 2.19. The first-order chi connectivity index (χ1) is 7.91. The second-order valence-corrected chi connectivity index (χ2v) is 3.79. The Balaban J connectivity index is 2.92. The van der Waals surface area contributed by atoms with Crippen LogP contribution in [0.4, 0.5) is 10.5 Å². The highest BCUT2D eigenvalue weighted by Gasteiger charge is 2.12. The highest BCUT2D eigenvalue weighted by atomic mass is 32.2. The fourth-order valence-electron chi connectivity index (χ4n) is 1.23. The molecule has 1 rings (SSSR count). The van der Waals surface area contributed by atoms with Crippen LogP contribution in [-0.4, -0.2) is 25.9 Å². The molecule has 4 N–H and O–H groups in total. The van der Waals surface area contributed by atoms with E-state index in [9.17, 15) is 13.8 Å². The Hall–Kier alpha value is -1.93. The molecule has 0 fully saturated rings. The molecule has 0 spiro atoms. The number of benzene rings is 1. The lowest BCUT2D eigenvalue weighted by molar-refractivity contribution is 0.0696. The summed E-state index contributed by atoms with van der Waals surface area (Å²) in [4.78, 5) is 22.0. The van der Waals surface area contributed by atoms with Gasteiger partial charge in [0, 0.05) is 5.69 Å². The van der Waals surface area contributed by atoms with E-state index in [4.69, 9.17) is 9.66 Å². The van der Waals surface area contributed by atoms with Crippen molar-refractivity contribution < 1.29 is 23.5 Å². The summed E-state index contributed by atoms with van der Waals surface area (Å²) in [6.45, 7) is 1.52. The Bertz CT molecular complexity index is 488. The van der Waals surface area contributed by atoms with Gasteiger partial charge in [-0.25, -0.2) is 18.5 Å². The molecule has 0 saturated heterocycles. The van der Waals surface area contributed by atoms with Crippen molar-refractivity contribution in [2.45, 2.75) is 6.92 Å². The van der Waals surface area contributed by atoms with E-state index in [0.717, 1.165) is 0 Å². The largest absolute Gasteiger partial charge is 0.478 e. The van der Waals surface area contributed by atoms with E-state index in [1.54, 1.807) is 4.72 Å². The van der Waals surface area contributed by atoms with E-state index in [-0.39, 0.29) is 11.3 Å². The number of anilines is 1. The van der Waals surface area contributed by atoms with Crippen molar-refractivity contribution in [2.24, 2.45) is 0 Å². The smallest absolute Gasteiger partial charge is 0.336 e. The second kappa shape index (κ2) is 5.41. The summed E-state index contributed by atoms with van der Waals surface area (Å²) in [6, 6.07) is 3.45. The zero-order valence-corrected chi connectivity index (χ0v) is 9.58.